The van der Waals surface area contributed by atoms with Crippen LogP contribution in [0.4, 0.5) is 0 Å². The van der Waals surface area contributed by atoms with Crippen molar-refractivity contribution in [3.63, 3.8) is 0 Å². The zero-order valence-corrected chi connectivity index (χ0v) is 11.2. The summed E-state index contributed by atoms with van der Waals surface area (Å²) in [6.07, 6.45) is 7.70. The molecule has 18 heavy (non-hydrogen) atoms. The standard InChI is InChI=1S/C15H16N2S/c1-2-4-8-12-11(7-3-1)16-15-17(12)13-9-5-6-10-14(13)18-15/h5-6,9-10H,1-4,7-8H2. The number of para-hydroxylation sites is 1. The average Bonchev–Trinajstić information content (AvgIpc) is 2.85. The Morgan fingerprint density at radius 2 is 1.83 bits per heavy atom. The monoisotopic (exact) mass is 256 g/mol. The van der Waals surface area contributed by atoms with Crippen molar-refractivity contribution >= 4 is 26.5 Å². The van der Waals surface area contributed by atoms with Crippen molar-refractivity contribution in [2.45, 2.75) is 38.5 Å². The fourth-order valence-electron chi connectivity index (χ4n) is 3.01. The Morgan fingerprint density at radius 3 is 2.78 bits per heavy atom. The molecule has 2 heterocycles. The smallest absolute Gasteiger partial charge is 0.195 e. The molecule has 92 valence electrons. The molecule has 3 aromatic rings. The van der Waals surface area contributed by atoms with E-state index in [4.69, 9.17) is 4.98 Å². The van der Waals surface area contributed by atoms with Gasteiger partial charge in [0.05, 0.1) is 15.9 Å². The summed E-state index contributed by atoms with van der Waals surface area (Å²) < 4.78 is 3.76. The second-order valence-electron chi connectivity index (χ2n) is 5.11. The third kappa shape index (κ3) is 1.50. The summed E-state index contributed by atoms with van der Waals surface area (Å²) in [5, 5.41) is 0. The molecule has 2 nitrogen and oxygen atoms in total. The van der Waals surface area contributed by atoms with Crippen molar-refractivity contribution in [2.75, 3.05) is 0 Å². The van der Waals surface area contributed by atoms with Gasteiger partial charge in [-0.05, 0) is 37.8 Å². The van der Waals surface area contributed by atoms with Gasteiger partial charge in [0, 0.05) is 5.69 Å². The highest BCUT2D eigenvalue weighted by atomic mass is 32.1. The van der Waals surface area contributed by atoms with Crippen LogP contribution in [0.5, 0.6) is 0 Å². The van der Waals surface area contributed by atoms with Crippen LogP contribution in [0.25, 0.3) is 15.2 Å². The Hall–Kier alpha value is -1.35. The van der Waals surface area contributed by atoms with Crippen molar-refractivity contribution in [1.29, 1.82) is 0 Å². The normalized spacial score (nSPS) is 16.7. The van der Waals surface area contributed by atoms with E-state index < -0.39 is 0 Å². The molecule has 3 heteroatoms. The van der Waals surface area contributed by atoms with Crippen LogP contribution in [0.1, 0.15) is 37.1 Å². The number of nitrogens with zero attached hydrogens (tertiary/aromatic N) is 2. The molecule has 0 aliphatic heterocycles. The van der Waals surface area contributed by atoms with E-state index in [-0.39, 0.29) is 0 Å². The lowest BCUT2D eigenvalue weighted by atomic mass is 10.0. The predicted octanol–water partition coefficient (Wildman–Crippen LogP) is 4.21. The summed E-state index contributed by atoms with van der Waals surface area (Å²) in [5.74, 6) is 0. The number of aryl methyl sites for hydroxylation is 2. The second kappa shape index (κ2) is 4.09. The lowest BCUT2D eigenvalue weighted by molar-refractivity contribution is 0.606. The van der Waals surface area contributed by atoms with E-state index in [1.54, 1.807) is 0 Å². The number of imidazole rings is 1. The van der Waals surface area contributed by atoms with E-state index in [0.29, 0.717) is 0 Å². The van der Waals surface area contributed by atoms with E-state index in [1.165, 1.54) is 58.7 Å². The number of fused-ring (bicyclic) bond motifs is 5. The number of thiazole rings is 1. The van der Waals surface area contributed by atoms with Gasteiger partial charge in [0.1, 0.15) is 0 Å². The molecule has 0 amide bonds. The lowest BCUT2D eigenvalue weighted by Crippen LogP contribution is -2.01. The Balaban J connectivity index is 2.02. The molecular weight excluding hydrogens is 240 g/mol. The maximum absolute atomic E-state index is 4.87. The zero-order valence-electron chi connectivity index (χ0n) is 10.4. The molecule has 1 aliphatic carbocycles. The number of hydrogen-bond acceptors (Lipinski definition) is 2. The molecule has 0 saturated carbocycles. The summed E-state index contributed by atoms with van der Waals surface area (Å²) in [4.78, 5) is 6.06. The van der Waals surface area contributed by atoms with Gasteiger partial charge in [0.25, 0.3) is 0 Å². The van der Waals surface area contributed by atoms with Gasteiger partial charge in [0.2, 0.25) is 0 Å². The van der Waals surface area contributed by atoms with Crippen molar-refractivity contribution in [3.8, 4) is 0 Å². The van der Waals surface area contributed by atoms with Crippen LogP contribution in [0.3, 0.4) is 0 Å². The molecule has 0 spiro atoms. The SMILES string of the molecule is c1ccc2c(c1)sc1nc3c(n12)CCCCCC3. The van der Waals surface area contributed by atoms with Crippen LogP contribution in [0.15, 0.2) is 24.3 Å². The zero-order chi connectivity index (χ0) is 11.9. The summed E-state index contributed by atoms with van der Waals surface area (Å²) in [7, 11) is 0. The van der Waals surface area contributed by atoms with Crippen LogP contribution in [0, 0.1) is 0 Å². The Kier molecular flexibility index (Phi) is 2.40. The highest BCUT2D eigenvalue weighted by Crippen LogP contribution is 2.31. The van der Waals surface area contributed by atoms with Crippen LogP contribution < -0.4 is 0 Å². The third-order valence-electron chi connectivity index (χ3n) is 3.91. The summed E-state index contributed by atoms with van der Waals surface area (Å²) in [5.41, 5.74) is 4.17. The highest BCUT2D eigenvalue weighted by Gasteiger charge is 2.17. The number of aromatic nitrogens is 2. The highest BCUT2D eigenvalue weighted by molar-refractivity contribution is 7.23. The molecule has 0 fully saturated rings. The molecule has 1 aromatic carbocycles. The van der Waals surface area contributed by atoms with E-state index in [1.807, 2.05) is 11.3 Å². The molecule has 0 N–H and O–H groups in total. The fraction of sp³-hybridized carbons (Fsp3) is 0.400. The number of rotatable bonds is 0. The molecule has 0 atom stereocenters. The van der Waals surface area contributed by atoms with Gasteiger partial charge >= 0.3 is 0 Å². The molecule has 4 rings (SSSR count). The first kappa shape index (κ1) is 10.6. The summed E-state index contributed by atoms with van der Waals surface area (Å²) >= 11 is 1.82. The molecule has 0 radical (unpaired) electrons. The van der Waals surface area contributed by atoms with Crippen LogP contribution in [-0.4, -0.2) is 9.38 Å². The van der Waals surface area contributed by atoms with E-state index in [9.17, 15) is 0 Å². The fourth-order valence-corrected chi connectivity index (χ4v) is 4.08. The summed E-state index contributed by atoms with van der Waals surface area (Å²) in [6, 6.07) is 8.66. The van der Waals surface area contributed by atoms with Crippen molar-refractivity contribution in [1.82, 2.24) is 9.38 Å². The second-order valence-corrected chi connectivity index (χ2v) is 6.12. The minimum Gasteiger partial charge on any atom is -0.287 e. The van der Waals surface area contributed by atoms with Crippen LogP contribution in [0.2, 0.25) is 0 Å². The van der Waals surface area contributed by atoms with Gasteiger partial charge in [-0.2, -0.15) is 0 Å². The number of benzene rings is 1. The first-order valence-electron chi connectivity index (χ1n) is 6.81. The minimum absolute atomic E-state index is 1.16. The largest absolute Gasteiger partial charge is 0.287 e. The lowest BCUT2D eigenvalue weighted by Gasteiger charge is -2.09. The molecule has 0 unspecified atom stereocenters. The quantitative estimate of drug-likeness (QED) is 0.589. The molecule has 1 aliphatic rings. The van der Waals surface area contributed by atoms with Crippen molar-refractivity contribution < 1.29 is 0 Å². The average molecular weight is 256 g/mol. The predicted molar refractivity (Wildman–Crippen MR) is 76.5 cm³/mol. The number of hydrogen-bond donors (Lipinski definition) is 0. The van der Waals surface area contributed by atoms with Gasteiger partial charge in [-0.25, -0.2) is 4.98 Å². The maximum atomic E-state index is 4.87. The van der Waals surface area contributed by atoms with Crippen LogP contribution >= 0.6 is 11.3 Å². The maximum Gasteiger partial charge on any atom is 0.195 e. The van der Waals surface area contributed by atoms with E-state index >= 15 is 0 Å². The minimum atomic E-state index is 1.16. The van der Waals surface area contributed by atoms with Crippen molar-refractivity contribution in [2.24, 2.45) is 0 Å². The third-order valence-corrected chi connectivity index (χ3v) is 4.93. The van der Waals surface area contributed by atoms with Gasteiger partial charge in [-0.3, -0.25) is 4.40 Å². The Labute approximate surface area is 110 Å². The summed E-state index contributed by atoms with van der Waals surface area (Å²) in [6.45, 7) is 0. The van der Waals surface area contributed by atoms with Crippen LogP contribution in [-0.2, 0) is 12.8 Å². The van der Waals surface area contributed by atoms with E-state index in [2.05, 4.69) is 28.7 Å². The van der Waals surface area contributed by atoms with Gasteiger partial charge in [-0.15, -0.1) is 0 Å². The first-order valence-corrected chi connectivity index (χ1v) is 7.63. The first-order chi connectivity index (χ1) is 8.93. The molecule has 0 bridgehead atoms. The van der Waals surface area contributed by atoms with Gasteiger partial charge < -0.3 is 0 Å². The van der Waals surface area contributed by atoms with Gasteiger partial charge in [-0.1, -0.05) is 36.3 Å². The molecule has 2 aromatic heterocycles. The topological polar surface area (TPSA) is 17.3 Å². The van der Waals surface area contributed by atoms with E-state index in [0.717, 1.165) is 6.42 Å². The molecule has 0 saturated heterocycles. The van der Waals surface area contributed by atoms with Gasteiger partial charge in [0.15, 0.2) is 4.96 Å². The Bertz CT molecular complexity index is 708. The molecular formula is C15H16N2S. The Morgan fingerprint density at radius 1 is 1.00 bits per heavy atom. The van der Waals surface area contributed by atoms with Crippen molar-refractivity contribution in [3.05, 3.63) is 35.7 Å².